The van der Waals surface area contributed by atoms with Crippen molar-refractivity contribution in [2.75, 3.05) is 13.7 Å². The number of hydrogen-bond donors (Lipinski definition) is 1. The number of nitrogens with one attached hydrogen (secondary N) is 1. The Kier molecular flexibility index (Phi) is 7.55. The maximum Gasteiger partial charge on any atom is 0.305 e. The lowest BCUT2D eigenvalue weighted by Crippen LogP contribution is -2.31. The number of esters is 1. The van der Waals surface area contributed by atoms with Gasteiger partial charge in [0.2, 0.25) is 0 Å². The van der Waals surface area contributed by atoms with Crippen LogP contribution in [-0.4, -0.2) is 39.2 Å². The SMILES string of the molecule is CCc1cccc(C)c1-n1c(C)cc([C@@H]2[C@H](c3ccccn3)NC(=S)N2CCCC(=O)OC)c1C. The number of rotatable bonds is 8. The van der Waals surface area contributed by atoms with Gasteiger partial charge in [-0.2, -0.15) is 0 Å². The van der Waals surface area contributed by atoms with Gasteiger partial charge in [-0.15, -0.1) is 0 Å². The monoisotopic (exact) mass is 490 g/mol. The average Bonchev–Trinajstić information content (AvgIpc) is 3.34. The Bertz CT molecular complexity index is 1220. The number of thiocarbonyl (C=S) groups is 1. The van der Waals surface area contributed by atoms with Crippen LogP contribution in [0.2, 0.25) is 0 Å². The Morgan fingerprint density at radius 2 is 1.97 bits per heavy atom. The highest BCUT2D eigenvalue weighted by Gasteiger charge is 2.41. The van der Waals surface area contributed by atoms with Crippen molar-refractivity contribution in [2.45, 2.75) is 59.0 Å². The number of nitrogens with zero attached hydrogens (tertiary/aromatic N) is 3. The van der Waals surface area contributed by atoms with E-state index in [0.717, 1.165) is 12.1 Å². The highest BCUT2D eigenvalue weighted by molar-refractivity contribution is 7.80. The predicted octanol–water partition coefficient (Wildman–Crippen LogP) is 5.29. The van der Waals surface area contributed by atoms with Gasteiger partial charge in [0.05, 0.1) is 30.6 Å². The number of aryl methyl sites for hydroxylation is 3. The molecule has 2 aromatic heterocycles. The second-order valence-electron chi connectivity index (χ2n) is 9.10. The molecule has 184 valence electrons. The van der Waals surface area contributed by atoms with E-state index in [1.54, 1.807) is 0 Å². The predicted molar refractivity (Wildman–Crippen MR) is 143 cm³/mol. The molecule has 7 heteroatoms. The number of methoxy groups -OCH3 is 1. The van der Waals surface area contributed by atoms with Gasteiger partial charge in [0.1, 0.15) is 0 Å². The molecule has 0 amide bonds. The van der Waals surface area contributed by atoms with Crippen molar-refractivity contribution < 1.29 is 9.53 Å². The summed E-state index contributed by atoms with van der Waals surface area (Å²) < 4.78 is 7.23. The molecule has 0 aliphatic carbocycles. The molecule has 1 fully saturated rings. The molecule has 1 aliphatic rings. The van der Waals surface area contributed by atoms with Crippen LogP contribution in [0.15, 0.2) is 48.7 Å². The first-order valence-electron chi connectivity index (χ1n) is 12.2. The molecule has 3 aromatic rings. The van der Waals surface area contributed by atoms with Gasteiger partial charge in [-0.3, -0.25) is 9.78 Å². The summed E-state index contributed by atoms with van der Waals surface area (Å²) >= 11 is 5.80. The molecule has 3 heterocycles. The minimum atomic E-state index is -0.203. The van der Waals surface area contributed by atoms with Crippen molar-refractivity contribution in [2.24, 2.45) is 0 Å². The summed E-state index contributed by atoms with van der Waals surface area (Å²) in [5.74, 6) is -0.203. The van der Waals surface area contributed by atoms with Crippen molar-refractivity contribution in [3.8, 4) is 5.69 Å². The first kappa shape index (κ1) is 24.9. The number of benzene rings is 1. The Hall–Kier alpha value is -3.19. The molecular formula is C28H34N4O2S. The zero-order valence-corrected chi connectivity index (χ0v) is 22.0. The van der Waals surface area contributed by atoms with Gasteiger partial charge in [-0.05, 0) is 80.7 Å². The van der Waals surface area contributed by atoms with Crippen molar-refractivity contribution in [1.82, 2.24) is 19.8 Å². The van der Waals surface area contributed by atoms with E-state index in [4.69, 9.17) is 17.0 Å². The lowest BCUT2D eigenvalue weighted by molar-refractivity contribution is -0.140. The second-order valence-corrected chi connectivity index (χ2v) is 9.48. The number of para-hydroxylation sites is 1. The quantitative estimate of drug-likeness (QED) is 0.342. The van der Waals surface area contributed by atoms with Crippen molar-refractivity contribution in [1.29, 1.82) is 0 Å². The zero-order valence-electron chi connectivity index (χ0n) is 21.2. The summed E-state index contributed by atoms with van der Waals surface area (Å²) in [5, 5.41) is 4.21. The molecule has 2 atom stereocenters. The maximum atomic E-state index is 11.8. The van der Waals surface area contributed by atoms with Gasteiger partial charge < -0.3 is 19.5 Å². The summed E-state index contributed by atoms with van der Waals surface area (Å²) in [6.07, 6.45) is 3.81. The largest absolute Gasteiger partial charge is 0.469 e. The maximum absolute atomic E-state index is 11.8. The molecule has 1 saturated heterocycles. The van der Waals surface area contributed by atoms with E-state index < -0.39 is 0 Å². The van der Waals surface area contributed by atoms with Gasteiger partial charge in [-0.1, -0.05) is 31.2 Å². The van der Waals surface area contributed by atoms with Crippen molar-refractivity contribution >= 4 is 23.3 Å². The number of ether oxygens (including phenoxy) is 1. The van der Waals surface area contributed by atoms with E-state index in [-0.39, 0.29) is 18.1 Å². The molecule has 0 radical (unpaired) electrons. The van der Waals surface area contributed by atoms with Gasteiger partial charge in [-0.25, -0.2) is 0 Å². The van der Waals surface area contributed by atoms with Crippen LogP contribution in [0.5, 0.6) is 0 Å². The minimum absolute atomic E-state index is 0.0379. The summed E-state index contributed by atoms with van der Waals surface area (Å²) in [6, 6.07) is 14.7. The molecule has 4 rings (SSSR count). The van der Waals surface area contributed by atoms with E-state index in [2.05, 4.69) is 71.7 Å². The fourth-order valence-electron chi connectivity index (χ4n) is 5.24. The molecule has 1 aliphatic heterocycles. The van der Waals surface area contributed by atoms with Crippen LogP contribution in [-0.2, 0) is 16.0 Å². The van der Waals surface area contributed by atoms with E-state index >= 15 is 0 Å². The molecule has 1 aromatic carbocycles. The number of aromatic nitrogens is 2. The lowest BCUT2D eigenvalue weighted by Gasteiger charge is -2.28. The molecule has 0 unspecified atom stereocenters. The van der Waals surface area contributed by atoms with Crippen LogP contribution in [0.1, 0.15) is 65.6 Å². The van der Waals surface area contributed by atoms with Gasteiger partial charge >= 0.3 is 5.97 Å². The summed E-state index contributed by atoms with van der Waals surface area (Å²) in [6.45, 7) is 9.39. The number of hydrogen-bond acceptors (Lipinski definition) is 4. The normalized spacial score (nSPS) is 17.5. The van der Waals surface area contributed by atoms with Crippen LogP contribution >= 0.6 is 12.2 Å². The van der Waals surface area contributed by atoms with E-state index in [1.165, 1.54) is 40.9 Å². The van der Waals surface area contributed by atoms with Crippen LogP contribution < -0.4 is 5.32 Å². The van der Waals surface area contributed by atoms with E-state index in [1.807, 2.05) is 24.4 Å². The number of carbonyl (C=O) groups excluding carboxylic acids is 1. The molecule has 0 spiro atoms. The molecule has 1 N–H and O–H groups in total. The van der Waals surface area contributed by atoms with Crippen LogP contribution in [0, 0.1) is 20.8 Å². The Balaban J connectivity index is 1.80. The Morgan fingerprint density at radius 1 is 1.17 bits per heavy atom. The second kappa shape index (κ2) is 10.6. The minimum Gasteiger partial charge on any atom is -0.469 e. The highest BCUT2D eigenvalue weighted by atomic mass is 32.1. The topological polar surface area (TPSA) is 59.4 Å². The lowest BCUT2D eigenvalue weighted by atomic mass is 9.96. The zero-order chi connectivity index (χ0) is 25.1. The summed E-state index contributed by atoms with van der Waals surface area (Å²) in [4.78, 5) is 18.6. The third kappa shape index (κ3) is 4.82. The van der Waals surface area contributed by atoms with Crippen LogP contribution in [0.4, 0.5) is 0 Å². The van der Waals surface area contributed by atoms with Crippen molar-refractivity contribution in [3.63, 3.8) is 0 Å². The highest BCUT2D eigenvalue weighted by Crippen LogP contribution is 2.42. The average molecular weight is 491 g/mol. The standard InChI is InChI=1S/C28H34N4O2S/c1-6-21-12-9-11-18(2)26(21)32-19(3)17-22(20(32)4)27-25(23-13-7-8-15-29-23)30-28(35)31(27)16-10-14-24(33)34-5/h7-9,11-13,15,17,25,27H,6,10,14,16H2,1-5H3,(H,30,35)/t25-,27+/m0/s1. The Labute approximate surface area is 213 Å². The summed E-state index contributed by atoms with van der Waals surface area (Å²) in [7, 11) is 1.43. The molecule has 35 heavy (non-hydrogen) atoms. The Morgan fingerprint density at radius 3 is 2.66 bits per heavy atom. The van der Waals surface area contributed by atoms with Gasteiger partial charge in [0.15, 0.2) is 5.11 Å². The summed E-state index contributed by atoms with van der Waals surface area (Å²) in [5.41, 5.74) is 8.40. The number of carbonyl (C=O) groups is 1. The first-order valence-corrected chi connectivity index (χ1v) is 12.6. The fraction of sp³-hybridized carbons (Fsp3) is 0.393. The van der Waals surface area contributed by atoms with Gasteiger partial charge in [0, 0.05) is 30.6 Å². The van der Waals surface area contributed by atoms with E-state index in [0.29, 0.717) is 24.5 Å². The van der Waals surface area contributed by atoms with Crippen LogP contribution in [0.3, 0.4) is 0 Å². The molecule has 0 saturated carbocycles. The fourth-order valence-corrected chi connectivity index (χ4v) is 5.57. The molecule has 6 nitrogen and oxygen atoms in total. The smallest absolute Gasteiger partial charge is 0.305 e. The molecular weight excluding hydrogens is 456 g/mol. The van der Waals surface area contributed by atoms with Gasteiger partial charge in [0.25, 0.3) is 0 Å². The third-order valence-electron chi connectivity index (χ3n) is 6.92. The third-order valence-corrected chi connectivity index (χ3v) is 7.27. The number of pyridine rings is 1. The van der Waals surface area contributed by atoms with Crippen LogP contribution in [0.25, 0.3) is 5.69 Å². The first-order chi connectivity index (χ1) is 16.9. The van der Waals surface area contributed by atoms with E-state index in [9.17, 15) is 4.79 Å². The molecule has 0 bridgehead atoms. The van der Waals surface area contributed by atoms with Crippen molar-refractivity contribution in [3.05, 3.63) is 82.4 Å².